The van der Waals surface area contributed by atoms with E-state index in [9.17, 15) is 19.1 Å². The van der Waals surface area contributed by atoms with Crippen molar-refractivity contribution in [2.75, 3.05) is 39.9 Å². The molecule has 0 radical (unpaired) electrons. The molecule has 136 valence electrons. The van der Waals surface area contributed by atoms with Gasteiger partial charge < -0.3 is 14.7 Å². The largest absolute Gasteiger partial charge is 0.481 e. The summed E-state index contributed by atoms with van der Waals surface area (Å²) < 4.78 is 18.9. The van der Waals surface area contributed by atoms with Gasteiger partial charge in [0, 0.05) is 56.3 Å². The van der Waals surface area contributed by atoms with Crippen LogP contribution in [-0.4, -0.2) is 66.7 Å². The average molecular weight is 371 g/mol. The van der Waals surface area contributed by atoms with Crippen LogP contribution in [0.25, 0.3) is 0 Å². The Balaban J connectivity index is 1.73. The lowest BCUT2D eigenvalue weighted by Gasteiger charge is -2.25. The molecule has 2 heterocycles. The van der Waals surface area contributed by atoms with Crippen LogP contribution >= 0.6 is 11.6 Å². The van der Waals surface area contributed by atoms with E-state index in [4.69, 9.17) is 16.3 Å². The summed E-state index contributed by atoms with van der Waals surface area (Å²) >= 11 is 5.77. The fraction of sp³-hybridized carbons (Fsp3) is 0.529. The monoisotopic (exact) mass is 370 g/mol. The maximum Gasteiger partial charge on any atom is 0.313 e. The van der Waals surface area contributed by atoms with E-state index >= 15 is 0 Å². The minimum Gasteiger partial charge on any atom is -0.481 e. The Hall–Kier alpha value is -1.70. The Bertz CT molecular complexity index is 701. The molecule has 1 amide bonds. The van der Waals surface area contributed by atoms with Crippen LogP contribution in [0.1, 0.15) is 5.56 Å². The van der Waals surface area contributed by atoms with Gasteiger partial charge in [-0.15, -0.1) is 0 Å². The Morgan fingerprint density at radius 3 is 2.76 bits per heavy atom. The molecule has 2 aliphatic rings. The summed E-state index contributed by atoms with van der Waals surface area (Å²) in [7, 11) is 1.43. The van der Waals surface area contributed by atoms with Crippen LogP contribution in [0.3, 0.4) is 0 Å². The molecule has 0 spiro atoms. The number of halogens is 2. The fourth-order valence-electron chi connectivity index (χ4n) is 3.89. The van der Waals surface area contributed by atoms with Crippen LogP contribution < -0.4 is 0 Å². The summed E-state index contributed by atoms with van der Waals surface area (Å²) in [5.41, 5.74) is -0.524. The number of carboxylic acids is 1. The molecule has 2 fully saturated rings. The van der Waals surface area contributed by atoms with E-state index in [2.05, 4.69) is 0 Å². The molecular formula is C17H20ClFN2O4. The summed E-state index contributed by atoms with van der Waals surface area (Å²) in [6, 6.07) is 4.49. The summed E-state index contributed by atoms with van der Waals surface area (Å²) in [5, 5.41) is 10.1. The molecule has 1 aromatic carbocycles. The lowest BCUT2D eigenvalue weighted by Crippen LogP contribution is -2.42. The van der Waals surface area contributed by atoms with Crippen molar-refractivity contribution in [2.45, 2.75) is 6.54 Å². The molecule has 2 atom stereocenters. The van der Waals surface area contributed by atoms with E-state index in [1.807, 2.05) is 4.90 Å². The van der Waals surface area contributed by atoms with Crippen molar-refractivity contribution in [1.29, 1.82) is 0 Å². The standard InChI is InChI=1S/C17H20ClFN2O4/c1-25-8-15(22)21-7-12-6-20(9-17(12,10-21)16(23)24)5-11-2-3-13(18)4-14(11)19/h2-4,12H,5-10H2,1H3,(H,23,24)/t12-,17-/m0/s1. The molecule has 0 aliphatic carbocycles. The zero-order valence-electron chi connectivity index (χ0n) is 13.9. The van der Waals surface area contributed by atoms with Gasteiger partial charge in [-0.05, 0) is 12.1 Å². The zero-order chi connectivity index (χ0) is 18.2. The molecule has 1 N–H and O–H groups in total. The summed E-state index contributed by atoms with van der Waals surface area (Å²) in [6.07, 6.45) is 0. The third-order valence-electron chi connectivity index (χ3n) is 5.14. The molecule has 0 aromatic heterocycles. The van der Waals surface area contributed by atoms with Gasteiger partial charge in [-0.1, -0.05) is 17.7 Å². The molecule has 2 saturated heterocycles. The Labute approximate surface area is 150 Å². The van der Waals surface area contributed by atoms with Crippen LogP contribution in [0.2, 0.25) is 5.02 Å². The highest BCUT2D eigenvalue weighted by atomic mass is 35.5. The maximum atomic E-state index is 14.0. The second-order valence-corrected chi connectivity index (χ2v) is 7.21. The highest BCUT2D eigenvalue weighted by molar-refractivity contribution is 6.30. The second kappa shape index (κ2) is 6.90. The number of methoxy groups -OCH3 is 1. The van der Waals surface area contributed by atoms with Crippen molar-refractivity contribution in [1.82, 2.24) is 9.80 Å². The molecule has 25 heavy (non-hydrogen) atoms. The average Bonchev–Trinajstić information content (AvgIpc) is 3.05. The molecular weight excluding hydrogens is 351 g/mol. The van der Waals surface area contributed by atoms with Gasteiger partial charge in [-0.3, -0.25) is 14.5 Å². The van der Waals surface area contributed by atoms with Crippen LogP contribution in [0, 0.1) is 17.2 Å². The van der Waals surface area contributed by atoms with E-state index < -0.39 is 17.2 Å². The van der Waals surface area contributed by atoms with E-state index in [0.29, 0.717) is 30.2 Å². The number of carbonyl (C=O) groups is 2. The van der Waals surface area contributed by atoms with Crippen molar-refractivity contribution >= 4 is 23.5 Å². The number of hydrogen-bond acceptors (Lipinski definition) is 4. The van der Waals surface area contributed by atoms with Crippen LogP contribution in [0.15, 0.2) is 18.2 Å². The van der Waals surface area contributed by atoms with Crippen molar-refractivity contribution < 1.29 is 23.8 Å². The number of likely N-dealkylation sites (tertiary alicyclic amines) is 2. The molecule has 1 aromatic rings. The smallest absolute Gasteiger partial charge is 0.313 e. The number of rotatable bonds is 5. The molecule has 8 heteroatoms. The number of carbonyl (C=O) groups excluding carboxylic acids is 1. The predicted octanol–water partition coefficient (Wildman–Crippen LogP) is 1.47. The quantitative estimate of drug-likeness (QED) is 0.850. The van der Waals surface area contributed by atoms with E-state index in [-0.39, 0.29) is 31.5 Å². The number of aliphatic carboxylic acids is 1. The molecule has 2 aliphatic heterocycles. The third kappa shape index (κ3) is 3.36. The van der Waals surface area contributed by atoms with Crippen molar-refractivity contribution in [3.05, 3.63) is 34.6 Å². The van der Waals surface area contributed by atoms with Crippen LogP contribution in [-0.2, 0) is 20.9 Å². The normalized spacial score (nSPS) is 26.0. The summed E-state index contributed by atoms with van der Waals surface area (Å²) in [4.78, 5) is 27.5. The SMILES string of the molecule is COCC(=O)N1C[C@@H]2CN(Cc3ccc(Cl)cc3F)C[C@]2(C(=O)O)C1. The number of benzene rings is 1. The Morgan fingerprint density at radius 2 is 2.16 bits per heavy atom. The van der Waals surface area contributed by atoms with Crippen LogP contribution in [0.4, 0.5) is 4.39 Å². The minimum absolute atomic E-state index is 0.0535. The lowest BCUT2D eigenvalue weighted by molar-refractivity contribution is -0.149. The highest BCUT2D eigenvalue weighted by Gasteiger charge is 2.58. The van der Waals surface area contributed by atoms with Gasteiger partial charge in [0.05, 0.1) is 0 Å². The van der Waals surface area contributed by atoms with E-state index in [1.165, 1.54) is 13.2 Å². The van der Waals surface area contributed by atoms with Gasteiger partial charge in [0.1, 0.15) is 17.8 Å². The molecule has 0 unspecified atom stereocenters. The van der Waals surface area contributed by atoms with Crippen molar-refractivity contribution in [3.8, 4) is 0 Å². The van der Waals surface area contributed by atoms with Crippen molar-refractivity contribution in [3.63, 3.8) is 0 Å². The first-order valence-corrected chi connectivity index (χ1v) is 8.40. The summed E-state index contributed by atoms with van der Waals surface area (Å²) in [5.74, 6) is -1.69. The summed E-state index contributed by atoms with van der Waals surface area (Å²) in [6.45, 7) is 1.60. The fourth-order valence-corrected chi connectivity index (χ4v) is 4.05. The third-order valence-corrected chi connectivity index (χ3v) is 5.37. The van der Waals surface area contributed by atoms with Gasteiger partial charge in [-0.25, -0.2) is 4.39 Å². The lowest BCUT2D eigenvalue weighted by atomic mass is 9.81. The molecule has 0 bridgehead atoms. The Kier molecular flexibility index (Phi) is 4.99. The molecule has 3 rings (SSSR count). The van der Waals surface area contributed by atoms with Gasteiger partial charge in [-0.2, -0.15) is 0 Å². The number of hydrogen-bond donors (Lipinski definition) is 1. The van der Waals surface area contributed by atoms with Crippen LogP contribution in [0.5, 0.6) is 0 Å². The van der Waals surface area contributed by atoms with Gasteiger partial charge in [0.2, 0.25) is 5.91 Å². The Morgan fingerprint density at radius 1 is 1.40 bits per heavy atom. The number of amides is 1. The second-order valence-electron chi connectivity index (χ2n) is 6.77. The van der Waals surface area contributed by atoms with E-state index in [1.54, 1.807) is 17.0 Å². The topological polar surface area (TPSA) is 70.1 Å². The van der Waals surface area contributed by atoms with Gasteiger partial charge >= 0.3 is 5.97 Å². The first kappa shape index (κ1) is 18.1. The number of ether oxygens (including phenoxy) is 1. The molecule has 0 saturated carbocycles. The first-order valence-electron chi connectivity index (χ1n) is 8.02. The first-order chi connectivity index (χ1) is 11.9. The van der Waals surface area contributed by atoms with Crippen molar-refractivity contribution in [2.24, 2.45) is 11.3 Å². The van der Waals surface area contributed by atoms with Gasteiger partial charge in [0.15, 0.2) is 0 Å². The maximum absolute atomic E-state index is 14.0. The number of fused-ring (bicyclic) bond motifs is 1. The minimum atomic E-state index is -1.01. The number of nitrogens with zero attached hydrogens (tertiary/aromatic N) is 2. The molecule has 6 nitrogen and oxygen atoms in total. The predicted molar refractivity (Wildman–Crippen MR) is 88.7 cm³/mol. The number of carboxylic acid groups (broad SMARTS) is 1. The highest BCUT2D eigenvalue weighted by Crippen LogP contribution is 2.43. The zero-order valence-corrected chi connectivity index (χ0v) is 14.6. The van der Waals surface area contributed by atoms with Gasteiger partial charge in [0.25, 0.3) is 0 Å². The van der Waals surface area contributed by atoms with E-state index in [0.717, 1.165) is 0 Å².